The molecule has 3 heteroatoms. The summed E-state index contributed by atoms with van der Waals surface area (Å²) in [5, 5.41) is 0. The molecule has 0 saturated carbocycles. The molecule has 2 unspecified atom stereocenters. The van der Waals surface area contributed by atoms with Crippen molar-refractivity contribution >= 4 is 5.97 Å². The van der Waals surface area contributed by atoms with Crippen LogP contribution in [0.4, 0.5) is 0 Å². The van der Waals surface area contributed by atoms with Crippen LogP contribution in [0, 0.1) is 11.8 Å². The Morgan fingerprint density at radius 1 is 1.38 bits per heavy atom. The summed E-state index contributed by atoms with van der Waals surface area (Å²) in [7, 11) is 2.24. The molecule has 0 spiro atoms. The first-order chi connectivity index (χ1) is 9.97. The van der Waals surface area contributed by atoms with Crippen molar-refractivity contribution in [2.24, 2.45) is 11.8 Å². The summed E-state index contributed by atoms with van der Waals surface area (Å²) in [4.78, 5) is 14.3. The Balaban J connectivity index is 1.89. The van der Waals surface area contributed by atoms with E-state index in [1.807, 2.05) is 19.9 Å². The van der Waals surface area contributed by atoms with Gasteiger partial charge in [-0.05, 0) is 61.5 Å². The van der Waals surface area contributed by atoms with Gasteiger partial charge in [-0.2, -0.15) is 0 Å². The number of benzene rings is 1. The van der Waals surface area contributed by atoms with E-state index in [1.54, 1.807) is 0 Å². The molecular weight excluding hydrogens is 262 g/mol. The molecule has 1 heterocycles. The lowest BCUT2D eigenvalue weighted by atomic mass is 9.69. The van der Waals surface area contributed by atoms with Crippen LogP contribution in [-0.2, 0) is 11.2 Å². The van der Waals surface area contributed by atoms with Gasteiger partial charge in [-0.25, -0.2) is 0 Å². The topological polar surface area (TPSA) is 29.5 Å². The summed E-state index contributed by atoms with van der Waals surface area (Å²) < 4.78 is 5.49. The highest BCUT2D eigenvalue weighted by atomic mass is 16.5. The van der Waals surface area contributed by atoms with Gasteiger partial charge in [-0.15, -0.1) is 0 Å². The van der Waals surface area contributed by atoms with Gasteiger partial charge in [0.1, 0.15) is 5.75 Å². The average Bonchev–Trinajstić information content (AvgIpc) is 2.43. The molecule has 2 bridgehead atoms. The van der Waals surface area contributed by atoms with Crippen molar-refractivity contribution in [3.8, 4) is 5.75 Å². The zero-order chi connectivity index (χ0) is 15.1. The summed E-state index contributed by atoms with van der Waals surface area (Å²) >= 11 is 0. The Labute approximate surface area is 127 Å². The summed E-state index contributed by atoms with van der Waals surface area (Å²) in [5.74, 6) is 1.74. The van der Waals surface area contributed by atoms with Crippen molar-refractivity contribution in [2.45, 2.75) is 45.6 Å². The van der Waals surface area contributed by atoms with Crippen molar-refractivity contribution < 1.29 is 9.53 Å². The third kappa shape index (κ3) is 2.59. The maximum Gasteiger partial charge on any atom is 0.313 e. The Bertz CT molecular complexity index is 552. The van der Waals surface area contributed by atoms with Gasteiger partial charge in [0.15, 0.2) is 0 Å². The first-order valence-corrected chi connectivity index (χ1v) is 8.02. The number of rotatable bonds is 2. The van der Waals surface area contributed by atoms with E-state index in [2.05, 4.69) is 31.0 Å². The van der Waals surface area contributed by atoms with Gasteiger partial charge < -0.3 is 9.64 Å². The number of hydrogen-bond acceptors (Lipinski definition) is 3. The maximum absolute atomic E-state index is 11.8. The van der Waals surface area contributed by atoms with Crippen molar-refractivity contribution in [3.05, 3.63) is 29.3 Å². The van der Waals surface area contributed by atoms with Crippen LogP contribution in [0.1, 0.15) is 44.2 Å². The molecule has 1 aromatic carbocycles. The van der Waals surface area contributed by atoms with Gasteiger partial charge in [-0.1, -0.05) is 26.8 Å². The summed E-state index contributed by atoms with van der Waals surface area (Å²) in [5.41, 5.74) is 2.83. The number of fused-ring (bicyclic) bond motifs is 4. The number of carbonyl (C=O) groups is 1. The van der Waals surface area contributed by atoms with Gasteiger partial charge in [-0.3, -0.25) is 4.79 Å². The first kappa shape index (κ1) is 14.6. The number of ether oxygens (including phenoxy) is 1. The van der Waals surface area contributed by atoms with E-state index >= 15 is 0 Å². The molecule has 1 aliphatic carbocycles. The van der Waals surface area contributed by atoms with Gasteiger partial charge in [0.05, 0.1) is 5.92 Å². The maximum atomic E-state index is 11.8. The van der Waals surface area contributed by atoms with E-state index in [1.165, 1.54) is 17.5 Å². The monoisotopic (exact) mass is 287 g/mol. The molecule has 2 aliphatic rings. The van der Waals surface area contributed by atoms with Crippen LogP contribution < -0.4 is 4.74 Å². The smallest absolute Gasteiger partial charge is 0.313 e. The molecular formula is C18H25NO2. The van der Waals surface area contributed by atoms with Gasteiger partial charge in [0.2, 0.25) is 0 Å². The lowest BCUT2D eigenvalue weighted by Gasteiger charge is -2.47. The molecule has 1 fully saturated rings. The molecule has 21 heavy (non-hydrogen) atoms. The van der Waals surface area contributed by atoms with Crippen LogP contribution >= 0.6 is 0 Å². The van der Waals surface area contributed by atoms with Crippen molar-refractivity contribution in [3.63, 3.8) is 0 Å². The second-order valence-corrected chi connectivity index (χ2v) is 6.94. The molecule has 1 saturated heterocycles. The molecule has 0 radical (unpaired) electrons. The number of likely N-dealkylation sites (tertiary alicyclic amines) is 1. The second-order valence-electron chi connectivity index (χ2n) is 6.94. The Morgan fingerprint density at radius 2 is 2.14 bits per heavy atom. The summed E-state index contributed by atoms with van der Waals surface area (Å²) in [6.07, 6.45) is 2.31. The van der Waals surface area contributed by atoms with Gasteiger partial charge >= 0.3 is 5.97 Å². The average molecular weight is 287 g/mol. The standard InChI is InChI=1S/C18H25NO2/c1-11(2)18(20)21-14-6-5-13-9-17-12(3)15(16(13)10-14)7-8-19(17)4/h5-6,10-12,15,17H,7-9H2,1-4H3/t12-,15?,17?/m0/s1. The molecule has 3 nitrogen and oxygen atoms in total. The Morgan fingerprint density at radius 3 is 2.86 bits per heavy atom. The molecule has 1 aromatic rings. The third-order valence-electron chi connectivity index (χ3n) is 5.24. The quantitative estimate of drug-likeness (QED) is 0.618. The van der Waals surface area contributed by atoms with E-state index in [9.17, 15) is 4.79 Å². The summed E-state index contributed by atoms with van der Waals surface area (Å²) in [6.45, 7) is 7.25. The van der Waals surface area contributed by atoms with E-state index in [4.69, 9.17) is 4.74 Å². The van der Waals surface area contributed by atoms with Crippen LogP contribution in [0.2, 0.25) is 0 Å². The zero-order valence-corrected chi connectivity index (χ0v) is 13.4. The SMILES string of the molecule is CC(C)C(=O)Oc1ccc2c(c1)C1CCN(C)C(C2)[C@H]1C. The molecule has 0 aromatic heterocycles. The number of piperidine rings is 1. The summed E-state index contributed by atoms with van der Waals surface area (Å²) in [6, 6.07) is 6.87. The fourth-order valence-electron chi connectivity index (χ4n) is 3.85. The van der Waals surface area contributed by atoms with E-state index < -0.39 is 0 Å². The zero-order valence-electron chi connectivity index (χ0n) is 13.4. The molecule has 114 valence electrons. The van der Waals surface area contributed by atoms with Crippen LogP contribution in [0.25, 0.3) is 0 Å². The van der Waals surface area contributed by atoms with Crippen molar-refractivity contribution in [1.82, 2.24) is 4.90 Å². The van der Waals surface area contributed by atoms with Crippen molar-refractivity contribution in [1.29, 1.82) is 0 Å². The highest BCUT2D eigenvalue weighted by molar-refractivity contribution is 5.74. The lowest BCUT2D eigenvalue weighted by Crippen LogP contribution is -2.49. The first-order valence-electron chi connectivity index (χ1n) is 8.02. The van der Waals surface area contributed by atoms with Crippen LogP contribution in [0.15, 0.2) is 18.2 Å². The van der Waals surface area contributed by atoms with E-state index in [-0.39, 0.29) is 11.9 Å². The normalized spacial score (nSPS) is 28.3. The van der Waals surface area contributed by atoms with E-state index in [0.717, 1.165) is 13.0 Å². The largest absolute Gasteiger partial charge is 0.426 e. The van der Waals surface area contributed by atoms with Crippen LogP contribution in [0.3, 0.4) is 0 Å². The van der Waals surface area contributed by atoms with Crippen LogP contribution in [-0.4, -0.2) is 30.5 Å². The number of nitrogens with zero attached hydrogens (tertiary/aromatic N) is 1. The molecule has 0 N–H and O–H groups in total. The predicted molar refractivity (Wildman–Crippen MR) is 83.6 cm³/mol. The number of carbonyl (C=O) groups excluding carboxylic acids is 1. The number of hydrogen-bond donors (Lipinski definition) is 0. The minimum atomic E-state index is -0.153. The van der Waals surface area contributed by atoms with Crippen molar-refractivity contribution in [2.75, 3.05) is 13.6 Å². The molecule has 0 amide bonds. The molecule has 3 rings (SSSR count). The molecule has 3 atom stereocenters. The van der Waals surface area contributed by atoms with E-state index in [0.29, 0.717) is 23.6 Å². The van der Waals surface area contributed by atoms with Crippen LogP contribution in [0.5, 0.6) is 5.75 Å². The highest BCUT2D eigenvalue weighted by Crippen LogP contribution is 2.44. The number of likely N-dealkylation sites (N-methyl/N-ethyl adjacent to an activating group) is 1. The fraction of sp³-hybridized carbons (Fsp3) is 0.611. The van der Waals surface area contributed by atoms with Gasteiger partial charge in [0, 0.05) is 6.04 Å². The third-order valence-corrected chi connectivity index (χ3v) is 5.24. The Hall–Kier alpha value is -1.35. The fourth-order valence-corrected chi connectivity index (χ4v) is 3.85. The lowest BCUT2D eigenvalue weighted by molar-refractivity contribution is -0.137. The Kier molecular flexibility index (Phi) is 3.78. The number of esters is 1. The highest BCUT2D eigenvalue weighted by Gasteiger charge is 2.39. The predicted octanol–water partition coefficient (Wildman–Crippen LogP) is 3.23. The van der Waals surface area contributed by atoms with Gasteiger partial charge in [0.25, 0.3) is 0 Å². The minimum Gasteiger partial charge on any atom is -0.426 e. The minimum absolute atomic E-state index is 0.0901. The second kappa shape index (κ2) is 5.45. The molecule has 1 aliphatic heterocycles.